The van der Waals surface area contributed by atoms with Gasteiger partial charge in [-0.15, -0.1) is 0 Å². The lowest BCUT2D eigenvalue weighted by Crippen LogP contribution is -2.13. The molecule has 0 atom stereocenters. The number of benzene rings is 1. The first-order valence-corrected chi connectivity index (χ1v) is 4.89. The van der Waals surface area contributed by atoms with Gasteiger partial charge in [0.15, 0.2) is 0 Å². The van der Waals surface area contributed by atoms with E-state index >= 15 is 0 Å². The van der Waals surface area contributed by atoms with Crippen molar-refractivity contribution in [1.82, 2.24) is 5.32 Å². The summed E-state index contributed by atoms with van der Waals surface area (Å²) in [5.41, 5.74) is 0.974. The molecule has 1 amide bonds. The van der Waals surface area contributed by atoms with Crippen LogP contribution in [0.1, 0.15) is 12.5 Å². The number of ether oxygens (including phenoxy) is 1. The number of amides is 1. The molecule has 0 fully saturated rings. The number of nitrogens with one attached hydrogen (secondary N) is 1. The smallest absolute Gasteiger partial charge is 0.243 e. The van der Waals surface area contributed by atoms with Crippen LogP contribution >= 0.6 is 0 Å². The average molecular weight is 205 g/mol. The molecule has 0 bridgehead atoms. The highest BCUT2D eigenvalue weighted by molar-refractivity contribution is 5.91. The maximum Gasteiger partial charge on any atom is 0.243 e. The molecule has 0 saturated heterocycles. The Labute approximate surface area is 89.8 Å². The fourth-order valence-corrected chi connectivity index (χ4v) is 1.10. The van der Waals surface area contributed by atoms with Gasteiger partial charge in [-0.25, -0.2) is 0 Å². The molecule has 0 aliphatic rings. The van der Waals surface area contributed by atoms with E-state index in [1.165, 1.54) is 6.08 Å². The Morgan fingerprint density at radius 1 is 1.40 bits per heavy atom. The highest BCUT2D eigenvalue weighted by atomic mass is 16.5. The second-order valence-electron chi connectivity index (χ2n) is 2.95. The highest BCUT2D eigenvalue weighted by Gasteiger charge is 1.92. The predicted molar refractivity (Wildman–Crippen MR) is 60.7 cm³/mol. The van der Waals surface area contributed by atoms with Crippen LogP contribution in [0.15, 0.2) is 30.3 Å². The molecular weight excluding hydrogens is 190 g/mol. The summed E-state index contributed by atoms with van der Waals surface area (Å²) >= 11 is 0. The summed E-state index contributed by atoms with van der Waals surface area (Å²) in [4.78, 5) is 10.9. The zero-order valence-corrected chi connectivity index (χ0v) is 8.99. The summed E-state index contributed by atoms with van der Waals surface area (Å²) in [5.74, 6) is 0.735. The Kier molecular flexibility index (Phi) is 4.41. The molecular formula is C12H15NO2. The van der Waals surface area contributed by atoms with E-state index in [2.05, 4.69) is 5.32 Å². The van der Waals surface area contributed by atoms with Crippen molar-refractivity contribution in [2.24, 2.45) is 0 Å². The van der Waals surface area contributed by atoms with Crippen molar-refractivity contribution < 1.29 is 9.53 Å². The summed E-state index contributed by atoms with van der Waals surface area (Å²) in [6, 6.07) is 7.58. The summed E-state index contributed by atoms with van der Waals surface area (Å²) in [6.45, 7) is 2.60. The van der Waals surface area contributed by atoms with Gasteiger partial charge in [0, 0.05) is 13.1 Å². The van der Waals surface area contributed by atoms with Gasteiger partial charge in [-0.05, 0) is 30.7 Å². The third-order valence-corrected chi connectivity index (χ3v) is 1.86. The first-order chi connectivity index (χ1) is 7.26. The van der Waals surface area contributed by atoms with Gasteiger partial charge < -0.3 is 10.1 Å². The van der Waals surface area contributed by atoms with Crippen LogP contribution in [-0.4, -0.2) is 19.6 Å². The molecule has 0 heterocycles. The summed E-state index contributed by atoms with van der Waals surface area (Å²) in [7, 11) is 1.60. The zero-order valence-electron chi connectivity index (χ0n) is 8.99. The van der Waals surface area contributed by atoms with Crippen LogP contribution in [0.4, 0.5) is 0 Å². The van der Waals surface area contributed by atoms with E-state index in [0.29, 0.717) is 6.61 Å². The van der Waals surface area contributed by atoms with Gasteiger partial charge in [0.1, 0.15) is 5.75 Å². The van der Waals surface area contributed by atoms with Gasteiger partial charge in [-0.2, -0.15) is 0 Å². The Morgan fingerprint density at radius 3 is 2.60 bits per heavy atom. The second-order valence-corrected chi connectivity index (χ2v) is 2.95. The normalized spacial score (nSPS) is 10.3. The summed E-state index contributed by atoms with van der Waals surface area (Å²) < 4.78 is 5.30. The fourth-order valence-electron chi connectivity index (χ4n) is 1.10. The van der Waals surface area contributed by atoms with Gasteiger partial charge in [0.05, 0.1) is 6.61 Å². The van der Waals surface area contributed by atoms with E-state index in [9.17, 15) is 4.79 Å². The van der Waals surface area contributed by atoms with E-state index in [1.807, 2.05) is 31.2 Å². The topological polar surface area (TPSA) is 38.3 Å². The third-order valence-electron chi connectivity index (χ3n) is 1.86. The molecule has 0 aromatic heterocycles. The third kappa shape index (κ3) is 3.85. The lowest BCUT2D eigenvalue weighted by Gasteiger charge is -2.02. The largest absolute Gasteiger partial charge is 0.494 e. The van der Waals surface area contributed by atoms with Crippen LogP contribution in [0.2, 0.25) is 0 Å². The second kappa shape index (κ2) is 5.86. The van der Waals surface area contributed by atoms with E-state index in [1.54, 1.807) is 13.1 Å². The summed E-state index contributed by atoms with van der Waals surface area (Å²) in [5, 5.41) is 2.52. The SMILES string of the molecule is CCOc1ccc(C=CC(=O)NC)cc1. The molecule has 1 aromatic carbocycles. The molecule has 1 rings (SSSR count). The minimum Gasteiger partial charge on any atom is -0.494 e. The van der Waals surface area contributed by atoms with Gasteiger partial charge >= 0.3 is 0 Å². The maximum atomic E-state index is 10.9. The maximum absolute atomic E-state index is 10.9. The molecule has 0 saturated carbocycles. The van der Waals surface area contributed by atoms with Crippen LogP contribution in [0.3, 0.4) is 0 Å². The first-order valence-electron chi connectivity index (χ1n) is 4.89. The highest BCUT2D eigenvalue weighted by Crippen LogP contribution is 2.12. The van der Waals surface area contributed by atoms with E-state index in [-0.39, 0.29) is 5.91 Å². The lowest BCUT2D eigenvalue weighted by atomic mass is 10.2. The molecule has 0 aliphatic carbocycles. The molecule has 15 heavy (non-hydrogen) atoms. The summed E-state index contributed by atoms with van der Waals surface area (Å²) in [6.07, 6.45) is 3.25. The standard InChI is InChI=1S/C12H15NO2/c1-3-15-11-7-4-10(5-8-11)6-9-12(14)13-2/h4-9H,3H2,1-2H3,(H,13,14). The Morgan fingerprint density at radius 2 is 2.07 bits per heavy atom. The van der Waals surface area contributed by atoms with E-state index in [4.69, 9.17) is 4.74 Å². The molecule has 0 unspecified atom stereocenters. The van der Waals surface area contributed by atoms with Crippen LogP contribution < -0.4 is 10.1 Å². The van der Waals surface area contributed by atoms with Crippen molar-refractivity contribution in [3.8, 4) is 5.75 Å². The van der Waals surface area contributed by atoms with Gasteiger partial charge in [0.25, 0.3) is 0 Å². The van der Waals surface area contributed by atoms with Crippen LogP contribution in [-0.2, 0) is 4.79 Å². The van der Waals surface area contributed by atoms with Crippen molar-refractivity contribution >= 4 is 12.0 Å². The number of carbonyl (C=O) groups excluding carboxylic acids is 1. The van der Waals surface area contributed by atoms with Crippen molar-refractivity contribution in [2.75, 3.05) is 13.7 Å². The van der Waals surface area contributed by atoms with Crippen molar-refractivity contribution in [3.05, 3.63) is 35.9 Å². The quantitative estimate of drug-likeness (QED) is 0.762. The van der Waals surface area contributed by atoms with E-state index in [0.717, 1.165) is 11.3 Å². The number of carbonyl (C=O) groups is 1. The molecule has 1 aromatic rings. The van der Waals surface area contributed by atoms with Gasteiger partial charge in [0.2, 0.25) is 5.91 Å². The molecule has 0 aliphatic heterocycles. The molecule has 0 spiro atoms. The molecule has 3 heteroatoms. The van der Waals surface area contributed by atoms with Crippen LogP contribution in [0, 0.1) is 0 Å². The number of likely N-dealkylation sites (N-methyl/N-ethyl adjacent to an activating group) is 1. The van der Waals surface area contributed by atoms with Crippen molar-refractivity contribution in [3.63, 3.8) is 0 Å². The van der Waals surface area contributed by atoms with E-state index < -0.39 is 0 Å². The van der Waals surface area contributed by atoms with Gasteiger partial charge in [-0.1, -0.05) is 12.1 Å². The molecule has 80 valence electrons. The molecule has 3 nitrogen and oxygen atoms in total. The predicted octanol–water partition coefficient (Wildman–Crippen LogP) is 1.84. The Hall–Kier alpha value is -1.77. The fraction of sp³-hybridized carbons (Fsp3) is 0.250. The Bertz CT molecular complexity index is 341. The minimum atomic E-state index is -0.108. The number of hydrogen-bond donors (Lipinski definition) is 1. The monoisotopic (exact) mass is 205 g/mol. The number of hydrogen-bond acceptors (Lipinski definition) is 2. The zero-order chi connectivity index (χ0) is 11.1. The van der Waals surface area contributed by atoms with Crippen LogP contribution in [0.5, 0.6) is 5.75 Å². The Balaban J connectivity index is 2.64. The molecule has 0 radical (unpaired) electrons. The lowest BCUT2D eigenvalue weighted by molar-refractivity contribution is -0.115. The molecule has 1 N–H and O–H groups in total. The number of rotatable bonds is 4. The first kappa shape index (κ1) is 11.3. The van der Waals surface area contributed by atoms with Gasteiger partial charge in [-0.3, -0.25) is 4.79 Å². The van der Waals surface area contributed by atoms with Crippen molar-refractivity contribution in [2.45, 2.75) is 6.92 Å². The minimum absolute atomic E-state index is 0.108. The van der Waals surface area contributed by atoms with Crippen LogP contribution in [0.25, 0.3) is 6.08 Å². The average Bonchev–Trinajstić information content (AvgIpc) is 2.28. The van der Waals surface area contributed by atoms with Crippen molar-refractivity contribution in [1.29, 1.82) is 0 Å².